The van der Waals surface area contributed by atoms with Gasteiger partial charge in [0.05, 0.1) is 12.7 Å². The average Bonchev–Trinajstić information content (AvgIpc) is 2.92. The average molecular weight is 392 g/mol. The second-order valence-electron chi connectivity index (χ2n) is 8.16. The predicted molar refractivity (Wildman–Crippen MR) is 116 cm³/mol. The Labute approximate surface area is 172 Å². The van der Waals surface area contributed by atoms with Gasteiger partial charge in [-0.15, -0.1) is 0 Å². The maximum atomic E-state index is 13.1. The van der Waals surface area contributed by atoms with Crippen LogP contribution in [-0.4, -0.2) is 30.4 Å². The van der Waals surface area contributed by atoms with Gasteiger partial charge in [0, 0.05) is 17.8 Å². The molecule has 1 aliphatic rings. The van der Waals surface area contributed by atoms with E-state index in [-0.39, 0.29) is 22.9 Å². The summed E-state index contributed by atoms with van der Waals surface area (Å²) in [5.74, 6) is -0.0443. The highest BCUT2D eigenvalue weighted by Crippen LogP contribution is 2.35. The Kier molecular flexibility index (Phi) is 5.78. The number of hydrogen-bond donors (Lipinski definition) is 1. The molecular weight excluding hydrogens is 364 g/mol. The van der Waals surface area contributed by atoms with E-state index < -0.39 is 0 Å². The molecule has 0 aromatic heterocycles. The van der Waals surface area contributed by atoms with E-state index in [2.05, 4.69) is 26.1 Å². The molecule has 2 amide bonds. The highest BCUT2D eigenvalue weighted by Gasteiger charge is 2.39. The summed E-state index contributed by atoms with van der Waals surface area (Å²) >= 11 is 0. The number of carbonyl (C=O) groups excluding carboxylic acids is 2. The Morgan fingerprint density at radius 1 is 0.966 bits per heavy atom. The van der Waals surface area contributed by atoms with Crippen molar-refractivity contribution in [3.8, 4) is 5.75 Å². The van der Waals surface area contributed by atoms with Crippen molar-refractivity contribution in [3.05, 3.63) is 65.4 Å². The minimum Gasteiger partial charge on any atom is -0.496 e. The molecule has 29 heavy (non-hydrogen) atoms. The van der Waals surface area contributed by atoms with E-state index in [9.17, 15) is 9.59 Å². The van der Waals surface area contributed by atoms with Crippen molar-refractivity contribution < 1.29 is 14.3 Å². The highest BCUT2D eigenvalue weighted by atomic mass is 16.5. The molecule has 2 aromatic rings. The molecule has 0 spiro atoms. The first-order valence-corrected chi connectivity index (χ1v) is 9.89. The molecule has 0 fully saturated rings. The lowest BCUT2D eigenvalue weighted by atomic mass is 9.87. The first-order valence-electron chi connectivity index (χ1n) is 9.89. The fourth-order valence-electron chi connectivity index (χ4n) is 3.42. The number of carbonyl (C=O) groups is 2. The van der Waals surface area contributed by atoms with E-state index in [0.29, 0.717) is 29.9 Å². The van der Waals surface area contributed by atoms with Gasteiger partial charge in [-0.3, -0.25) is 14.5 Å². The molecule has 5 heteroatoms. The Balaban J connectivity index is 2.06. The van der Waals surface area contributed by atoms with E-state index in [0.717, 1.165) is 5.69 Å². The van der Waals surface area contributed by atoms with Crippen molar-refractivity contribution in [2.45, 2.75) is 39.5 Å². The second kappa shape index (κ2) is 8.11. The zero-order valence-corrected chi connectivity index (χ0v) is 17.7. The van der Waals surface area contributed by atoms with Crippen molar-refractivity contribution in [1.29, 1.82) is 0 Å². The van der Waals surface area contributed by atoms with Gasteiger partial charge >= 0.3 is 0 Å². The van der Waals surface area contributed by atoms with Gasteiger partial charge in [0.1, 0.15) is 11.4 Å². The summed E-state index contributed by atoms with van der Waals surface area (Å²) in [5, 5.41) is 3.20. The van der Waals surface area contributed by atoms with Crippen LogP contribution in [0.3, 0.4) is 0 Å². The van der Waals surface area contributed by atoms with E-state index in [4.69, 9.17) is 4.74 Å². The van der Waals surface area contributed by atoms with Gasteiger partial charge in [0.2, 0.25) is 0 Å². The first-order chi connectivity index (χ1) is 13.8. The maximum absolute atomic E-state index is 13.1. The number of rotatable bonds is 6. The zero-order valence-electron chi connectivity index (χ0n) is 17.7. The lowest BCUT2D eigenvalue weighted by Gasteiger charge is -2.19. The molecule has 0 atom stereocenters. The minimum atomic E-state index is -0.308. The van der Waals surface area contributed by atoms with Crippen LogP contribution in [0, 0.1) is 0 Å². The molecule has 0 bridgehead atoms. The number of imide groups is 1. The molecule has 0 aliphatic carbocycles. The van der Waals surface area contributed by atoms with Crippen LogP contribution in [0.5, 0.6) is 5.75 Å². The van der Waals surface area contributed by atoms with Crippen LogP contribution >= 0.6 is 0 Å². The van der Waals surface area contributed by atoms with E-state index in [1.54, 1.807) is 19.2 Å². The molecule has 0 saturated heterocycles. The maximum Gasteiger partial charge on any atom is 0.278 e. The van der Waals surface area contributed by atoms with Gasteiger partial charge in [0.15, 0.2) is 0 Å². The van der Waals surface area contributed by atoms with Crippen LogP contribution < -0.4 is 10.1 Å². The number of para-hydroxylation sites is 1. The van der Waals surface area contributed by atoms with E-state index >= 15 is 0 Å². The first kappa shape index (κ1) is 20.6. The molecule has 5 nitrogen and oxygen atoms in total. The number of hydrogen-bond acceptors (Lipinski definition) is 4. The summed E-state index contributed by atoms with van der Waals surface area (Å²) in [4.78, 5) is 27.5. The Morgan fingerprint density at radius 3 is 2.21 bits per heavy atom. The van der Waals surface area contributed by atoms with Crippen LogP contribution in [0.15, 0.2) is 54.2 Å². The Morgan fingerprint density at radius 2 is 1.62 bits per heavy atom. The molecule has 1 aliphatic heterocycles. The molecule has 2 aromatic carbocycles. The second-order valence-corrected chi connectivity index (χ2v) is 8.16. The van der Waals surface area contributed by atoms with Gasteiger partial charge in [-0.1, -0.05) is 58.0 Å². The monoisotopic (exact) mass is 392 g/mol. The molecule has 152 valence electrons. The Hall–Kier alpha value is -3.08. The zero-order chi connectivity index (χ0) is 21.2. The van der Waals surface area contributed by atoms with Gasteiger partial charge in [0.25, 0.3) is 11.8 Å². The van der Waals surface area contributed by atoms with Crippen molar-refractivity contribution >= 4 is 23.1 Å². The predicted octanol–water partition coefficient (Wildman–Crippen LogP) is 4.59. The molecule has 0 radical (unpaired) electrons. The normalized spacial score (nSPS) is 14.6. The fourth-order valence-corrected chi connectivity index (χ4v) is 3.42. The SMILES string of the molecule is CCCN1C(=O)C(Nc2ccc(C(C)(C)C)cc2)=C(c2ccccc2OC)C1=O. The number of anilines is 1. The molecule has 0 unspecified atom stereocenters. The third kappa shape index (κ3) is 4.04. The number of nitrogens with zero attached hydrogens (tertiary/aromatic N) is 1. The summed E-state index contributed by atoms with van der Waals surface area (Å²) < 4.78 is 5.44. The number of methoxy groups -OCH3 is 1. The fraction of sp³-hybridized carbons (Fsp3) is 0.333. The van der Waals surface area contributed by atoms with Gasteiger partial charge in [-0.2, -0.15) is 0 Å². The summed E-state index contributed by atoms with van der Waals surface area (Å²) in [6.45, 7) is 8.78. The smallest absolute Gasteiger partial charge is 0.278 e. The highest BCUT2D eigenvalue weighted by molar-refractivity contribution is 6.37. The van der Waals surface area contributed by atoms with Crippen molar-refractivity contribution in [2.24, 2.45) is 0 Å². The lowest BCUT2D eigenvalue weighted by Crippen LogP contribution is -2.33. The van der Waals surface area contributed by atoms with Crippen LogP contribution in [-0.2, 0) is 15.0 Å². The van der Waals surface area contributed by atoms with Crippen LogP contribution in [0.1, 0.15) is 45.2 Å². The van der Waals surface area contributed by atoms with E-state index in [1.807, 2.05) is 43.3 Å². The molecule has 3 rings (SSSR count). The lowest BCUT2D eigenvalue weighted by molar-refractivity contribution is -0.136. The largest absolute Gasteiger partial charge is 0.496 e. The number of benzene rings is 2. The summed E-state index contributed by atoms with van der Waals surface area (Å²) in [6.07, 6.45) is 0.699. The number of amides is 2. The Bertz CT molecular complexity index is 953. The summed E-state index contributed by atoms with van der Waals surface area (Å²) in [7, 11) is 1.56. The molecular formula is C24H28N2O3. The summed E-state index contributed by atoms with van der Waals surface area (Å²) in [5.41, 5.74) is 3.25. The molecule has 1 heterocycles. The third-order valence-electron chi connectivity index (χ3n) is 5.01. The van der Waals surface area contributed by atoms with Crippen LogP contribution in [0.25, 0.3) is 5.57 Å². The van der Waals surface area contributed by atoms with Crippen molar-refractivity contribution in [3.63, 3.8) is 0 Å². The number of ether oxygens (including phenoxy) is 1. The minimum absolute atomic E-state index is 0.0391. The van der Waals surface area contributed by atoms with Crippen molar-refractivity contribution in [1.82, 2.24) is 4.90 Å². The standard InChI is InChI=1S/C24H28N2O3/c1-6-15-26-22(27)20(18-9-7-8-10-19(18)29-5)21(23(26)28)25-17-13-11-16(12-14-17)24(2,3)4/h7-14,25H,6,15H2,1-5H3. The van der Waals surface area contributed by atoms with E-state index in [1.165, 1.54) is 10.5 Å². The molecule has 1 N–H and O–H groups in total. The van der Waals surface area contributed by atoms with Crippen molar-refractivity contribution in [2.75, 3.05) is 19.0 Å². The van der Waals surface area contributed by atoms with Gasteiger partial charge in [-0.25, -0.2) is 0 Å². The van der Waals surface area contributed by atoms with Crippen LogP contribution in [0.4, 0.5) is 5.69 Å². The van der Waals surface area contributed by atoms with Crippen LogP contribution in [0.2, 0.25) is 0 Å². The molecule has 0 saturated carbocycles. The topological polar surface area (TPSA) is 58.6 Å². The number of nitrogens with one attached hydrogen (secondary N) is 1. The van der Waals surface area contributed by atoms with Gasteiger partial charge in [-0.05, 0) is 35.6 Å². The summed E-state index contributed by atoms with van der Waals surface area (Å²) in [6, 6.07) is 15.2. The third-order valence-corrected chi connectivity index (χ3v) is 5.01. The van der Waals surface area contributed by atoms with Gasteiger partial charge < -0.3 is 10.1 Å². The quantitative estimate of drug-likeness (QED) is 0.730.